The lowest BCUT2D eigenvalue weighted by Crippen LogP contribution is -2.16. The number of anilines is 2. The van der Waals surface area contributed by atoms with Gasteiger partial charge in [-0.1, -0.05) is 11.6 Å². The van der Waals surface area contributed by atoms with Crippen LogP contribution in [0.3, 0.4) is 0 Å². The summed E-state index contributed by atoms with van der Waals surface area (Å²) in [6.07, 6.45) is 0.250. The van der Waals surface area contributed by atoms with Crippen molar-refractivity contribution in [2.75, 3.05) is 51.2 Å². The number of halogens is 1. The Morgan fingerprint density at radius 2 is 1.86 bits per heavy atom. The van der Waals surface area contributed by atoms with Gasteiger partial charge in [-0.25, -0.2) is 0 Å². The standard InChI is InChI=1S/C14H21ClN2O4/c1-19-6-7-21-9-8-20-5-4-14(18)17-13-3-2-11(15)10-12(13)16/h2-3,10H,4-9,16H2,1H3,(H,17,18). The van der Waals surface area contributed by atoms with Crippen LogP contribution in [0.25, 0.3) is 0 Å². The molecular formula is C14H21ClN2O4. The summed E-state index contributed by atoms with van der Waals surface area (Å²) in [7, 11) is 1.62. The van der Waals surface area contributed by atoms with Crippen LogP contribution in [0.15, 0.2) is 18.2 Å². The number of amides is 1. The molecule has 0 heterocycles. The zero-order valence-electron chi connectivity index (χ0n) is 12.1. The van der Waals surface area contributed by atoms with E-state index in [1.165, 1.54) is 0 Å². The molecule has 0 aliphatic heterocycles. The number of nitrogens with one attached hydrogen (secondary N) is 1. The maximum absolute atomic E-state index is 11.7. The maximum atomic E-state index is 11.7. The van der Waals surface area contributed by atoms with Gasteiger partial charge in [0.1, 0.15) is 0 Å². The van der Waals surface area contributed by atoms with Crippen molar-refractivity contribution >= 4 is 28.9 Å². The number of carbonyl (C=O) groups excluding carboxylic acids is 1. The second-order valence-corrected chi connectivity index (χ2v) is 4.68. The molecule has 0 aliphatic carbocycles. The van der Waals surface area contributed by atoms with E-state index in [-0.39, 0.29) is 12.3 Å². The second kappa shape index (κ2) is 10.4. The lowest BCUT2D eigenvalue weighted by atomic mass is 10.2. The normalized spacial score (nSPS) is 10.6. The SMILES string of the molecule is COCCOCCOCCC(=O)Nc1ccc(Cl)cc1N. The van der Waals surface area contributed by atoms with Gasteiger partial charge in [0.05, 0.1) is 50.8 Å². The van der Waals surface area contributed by atoms with E-state index in [2.05, 4.69) is 5.32 Å². The number of hydrogen-bond donors (Lipinski definition) is 2. The van der Waals surface area contributed by atoms with E-state index in [4.69, 9.17) is 31.5 Å². The molecule has 0 unspecified atom stereocenters. The number of nitrogens with two attached hydrogens (primary N) is 1. The summed E-state index contributed by atoms with van der Waals surface area (Å²) in [5.41, 5.74) is 6.73. The van der Waals surface area contributed by atoms with Gasteiger partial charge in [0.25, 0.3) is 0 Å². The predicted molar refractivity (Wildman–Crippen MR) is 82.6 cm³/mol. The predicted octanol–water partition coefficient (Wildman–Crippen LogP) is 1.93. The van der Waals surface area contributed by atoms with Gasteiger partial charge in [-0.2, -0.15) is 0 Å². The number of ether oxygens (including phenoxy) is 3. The van der Waals surface area contributed by atoms with Gasteiger partial charge in [0.15, 0.2) is 0 Å². The average Bonchev–Trinajstić information content (AvgIpc) is 2.45. The molecule has 1 amide bonds. The van der Waals surface area contributed by atoms with E-state index >= 15 is 0 Å². The van der Waals surface area contributed by atoms with Crippen molar-refractivity contribution < 1.29 is 19.0 Å². The molecule has 0 saturated heterocycles. The van der Waals surface area contributed by atoms with E-state index < -0.39 is 0 Å². The van der Waals surface area contributed by atoms with Crippen molar-refractivity contribution in [3.05, 3.63) is 23.2 Å². The molecule has 0 atom stereocenters. The molecule has 118 valence electrons. The molecule has 21 heavy (non-hydrogen) atoms. The van der Waals surface area contributed by atoms with Gasteiger partial charge < -0.3 is 25.3 Å². The van der Waals surface area contributed by atoms with Crippen LogP contribution >= 0.6 is 11.6 Å². The monoisotopic (exact) mass is 316 g/mol. The summed E-state index contributed by atoms with van der Waals surface area (Å²) in [5.74, 6) is -0.163. The molecule has 0 radical (unpaired) electrons. The van der Waals surface area contributed by atoms with Gasteiger partial charge in [-0.3, -0.25) is 4.79 Å². The third-order valence-electron chi connectivity index (χ3n) is 2.56. The van der Waals surface area contributed by atoms with Crippen LogP contribution in [0, 0.1) is 0 Å². The minimum absolute atomic E-state index is 0.163. The van der Waals surface area contributed by atoms with E-state index in [9.17, 15) is 4.79 Å². The van der Waals surface area contributed by atoms with Crippen LogP contribution in [-0.2, 0) is 19.0 Å². The van der Waals surface area contributed by atoms with Crippen molar-refractivity contribution in [1.82, 2.24) is 0 Å². The Morgan fingerprint density at radius 3 is 2.52 bits per heavy atom. The first-order chi connectivity index (χ1) is 10.1. The topological polar surface area (TPSA) is 82.8 Å². The first-order valence-electron chi connectivity index (χ1n) is 6.62. The number of hydrogen-bond acceptors (Lipinski definition) is 5. The highest BCUT2D eigenvalue weighted by Crippen LogP contribution is 2.22. The van der Waals surface area contributed by atoms with Crippen LogP contribution < -0.4 is 11.1 Å². The number of rotatable bonds is 10. The van der Waals surface area contributed by atoms with Crippen LogP contribution in [0.5, 0.6) is 0 Å². The summed E-state index contributed by atoms with van der Waals surface area (Å²) in [6, 6.07) is 4.92. The van der Waals surface area contributed by atoms with Gasteiger partial charge in [0.2, 0.25) is 5.91 Å². The van der Waals surface area contributed by atoms with Crippen molar-refractivity contribution in [3.63, 3.8) is 0 Å². The summed E-state index contributed by atoms with van der Waals surface area (Å²) in [6.45, 7) is 2.35. The van der Waals surface area contributed by atoms with E-state index in [0.29, 0.717) is 49.4 Å². The highest BCUT2D eigenvalue weighted by molar-refractivity contribution is 6.31. The van der Waals surface area contributed by atoms with E-state index in [1.807, 2.05) is 0 Å². The molecule has 0 aromatic heterocycles. The van der Waals surface area contributed by atoms with Gasteiger partial charge in [0, 0.05) is 12.1 Å². The molecule has 1 aromatic carbocycles. The molecule has 0 spiro atoms. The molecular weight excluding hydrogens is 296 g/mol. The Kier molecular flexibility index (Phi) is 8.77. The number of benzene rings is 1. The third kappa shape index (κ3) is 7.87. The Labute approximate surface area is 129 Å². The molecule has 0 saturated carbocycles. The summed E-state index contributed by atoms with van der Waals surface area (Å²) >= 11 is 5.78. The Bertz CT molecular complexity index is 443. The molecule has 0 fully saturated rings. The van der Waals surface area contributed by atoms with E-state index in [1.54, 1.807) is 25.3 Å². The highest BCUT2D eigenvalue weighted by Gasteiger charge is 2.05. The Hall–Kier alpha value is -1.34. The summed E-state index contributed by atoms with van der Waals surface area (Å²) < 4.78 is 15.4. The summed E-state index contributed by atoms with van der Waals surface area (Å²) in [4.78, 5) is 11.7. The highest BCUT2D eigenvalue weighted by atomic mass is 35.5. The Balaban J connectivity index is 2.11. The number of nitrogen functional groups attached to an aromatic ring is 1. The largest absolute Gasteiger partial charge is 0.397 e. The van der Waals surface area contributed by atoms with Gasteiger partial charge >= 0.3 is 0 Å². The average molecular weight is 317 g/mol. The summed E-state index contributed by atoms with van der Waals surface area (Å²) in [5, 5.41) is 3.24. The van der Waals surface area contributed by atoms with Crippen molar-refractivity contribution in [3.8, 4) is 0 Å². The smallest absolute Gasteiger partial charge is 0.226 e. The fraction of sp³-hybridized carbons (Fsp3) is 0.500. The molecule has 0 bridgehead atoms. The van der Waals surface area contributed by atoms with Gasteiger partial charge in [-0.05, 0) is 18.2 Å². The minimum atomic E-state index is -0.163. The molecule has 1 rings (SSSR count). The third-order valence-corrected chi connectivity index (χ3v) is 2.80. The molecule has 6 nitrogen and oxygen atoms in total. The van der Waals surface area contributed by atoms with Crippen LogP contribution in [0.4, 0.5) is 11.4 Å². The van der Waals surface area contributed by atoms with Crippen LogP contribution in [0.1, 0.15) is 6.42 Å². The zero-order chi connectivity index (χ0) is 15.5. The lowest BCUT2D eigenvalue weighted by Gasteiger charge is -2.09. The molecule has 3 N–H and O–H groups in total. The first-order valence-corrected chi connectivity index (χ1v) is 7.00. The van der Waals surface area contributed by atoms with Gasteiger partial charge in [-0.15, -0.1) is 0 Å². The quantitative estimate of drug-likeness (QED) is 0.509. The molecule has 7 heteroatoms. The maximum Gasteiger partial charge on any atom is 0.226 e. The fourth-order valence-corrected chi connectivity index (χ4v) is 1.67. The van der Waals surface area contributed by atoms with Crippen LogP contribution in [-0.4, -0.2) is 46.1 Å². The van der Waals surface area contributed by atoms with Crippen molar-refractivity contribution in [1.29, 1.82) is 0 Å². The second-order valence-electron chi connectivity index (χ2n) is 4.25. The minimum Gasteiger partial charge on any atom is -0.397 e. The number of carbonyl (C=O) groups is 1. The fourth-order valence-electron chi connectivity index (χ4n) is 1.49. The van der Waals surface area contributed by atoms with Crippen LogP contribution in [0.2, 0.25) is 5.02 Å². The van der Waals surface area contributed by atoms with Crippen molar-refractivity contribution in [2.24, 2.45) is 0 Å². The zero-order valence-corrected chi connectivity index (χ0v) is 12.8. The lowest BCUT2D eigenvalue weighted by molar-refractivity contribution is -0.117. The first kappa shape index (κ1) is 17.7. The van der Waals surface area contributed by atoms with Crippen molar-refractivity contribution in [2.45, 2.75) is 6.42 Å². The molecule has 1 aromatic rings. The number of methoxy groups -OCH3 is 1. The van der Waals surface area contributed by atoms with E-state index in [0.717, 1.165) is 0 Å². The Morgan fingerprint density at radius 1 is 1.19 bits per heavy atom. The molecule has 0 aliphatic rings.